The summed E-state index contributed by atoms with van der Waals surface area (Å²) in [5.74, 6) is 1.87. The first-order valence-electron chi connectivity index (χ1n) is 21.8. The molecule has 0 N–H and O–H groups in total. The van der Waals surface area contributed by atoms with Gasteiger partial charge in [0.1, 0.15) is 0 Å². The second-order valence-corrected chi connectivity index (χ2v) is 16.3. The molecule has 12 aromatic rings. The topological polar surface area (TPSA) is 38.7 Å². The Morgan fingerprint density at radius 3 is 1.38 bits per heavy atom. The Morgan fingerprint density at radius 2 is 0.672 bits per heavy atom. The van der Waals surface area contributed by atoms with Crippen molar-refractivity contribution in [3.63, 3.8) is 0 Å². The van der Waals surface area contributed by atoms with Crippen molar-refractivity contribution in [3.05, 3.63) is 237 Å². The Labute approximate surface area is 371 Å². The molecular weight excluding hydrogens is 775 g/mol. The fourth-order valence-corrected chi connectivity index (χ4v) is 9.44. The fraction of sp³-hybridized carbons (Fsp3) is 0. The minimum atomic E-state index is 0.618. The van der Waals surface area contributed by atoms with E-state index in [1.165, 1.54) is 54.2 Å². The van der Waals surface area contributed by atoms with Crippen LogP contribution in [0.3, 0.4) is 0 Å². The van der Waals surface area contributed by atoms with Crippen molar-refractivity contribution < 1.29 is 0 Å². The molecule has 0 saturated heterocycles. The van der Waals surface area contributed by atoms with E-state index in [9.17, 15) is 0 Å². The Hall–Kier alpha value is -8.53. The summed E-state index contributed by atoms with van der Waals surface area (Å²) in [6.07, 6.45) is 0. The lowest BCUT2D eigenvalue weighted by atomic mass is 9.89. The molecule has 0 saturated carbocycles. The van der Waals surface area contributed by atoms with Crippen LogP contribution in [0, 0.1) is 0 Å². The first-order valence-corrected chi connectivity index (χ1v) is 21.8. The standard InChI is InChI=1S/C61H39N3/c1-2-15-42(16-3-1)49-22-10-12-26-55(49)60-62-59(63-61(64-60)56-27-13-11-25-53(56)52-28-14-20-43-17-4-7-21-48(43)52)46-35-31-41(32-36-46)40-29-33-45(34-30-40)58-51-24-9-6-19-47(51)39-57-50-23-8-5-18-44(50)37-38-54(57)58/h1-39H. The maximum atomic E-state index is 5.28. The van der Waals surface area contributed by atoms with Gasteiger partial charge in [-0.2, -0.15) is 0 Å². The summed E-state index contributed by atoms with van der Waals surface area (Å²) >= 11 is 0. The molecule has 0 aliphatic carbocycles. The molecule has 0 amide bonds. The molecule has 12 rings (SSSR count). The maximum absolute atomic E-state index is 5.28. The monoisotopic (exact) mass is 813 g/mol. The Kier molecular flexibility index (Phi) is 9.16. The molecule has 0 unspecified atom stereocenters. The van der Waals surface area contributed by atoms with Crippen LogP contribution in [0.1, 0.15) is 0 Å². The zero-order valence-corrected chi connectivity index (χ0v) is 34.9. The van der Waals surface area contributed by atoms with E-state index in [0.717, 1.165) is 50.1 Å². The van der Waals surface area contributed by atoms with E-state index in [1.807, 2.05) is 6.07 Å². The van der Waals surface area contributed by atoms with Gasteiger partial charge < -0.3 is 0 Å². The first-order chi connectivity index (χ1) is 31.7. The molecule has 3 nitrogen and oxygen atoms in total. The highest BCUT2D eigenvalue weighted by Gasteiger charge is 2.19. The summed E-state index contributed by atoms with van der Waals surface area (Å²) in [6.45, 7) is 0. The van der Waals surface area contributed by atoms with Crippen LogP contribution in [0.4, 0.5) is 0 Å². The molecule has 0 aliphatic rings. The average Bonchev–Trinajstić information content (AvgIpc) is 3.38. The summed E-state index contributed by atoms with van der Waals surface area (Å²) < 4.78 is 0. The molecule has 0 bridgehead atoms. The molecule has 0 radical (unpaired) electrons. The van der Waals surface area contributed by atoms with Crippen molar-refractivity contribution in [2.75, 3.05) is 0 Å². The lowest BCUT2D eigenvalue weighted by Gasteiger charge is -2.15. The number of nitrogens with zero attached hydrogens (tertiary/aromatic N) is 3. The summed E-state index contributed by atoms with van der Waals surface area (Å²) in [5, 5.41) is 9.93. The van der Waals surface area contributed by atoms with Crippen molar-refractivity contribution in [2.24, 2.45) is 0 Å². The molecule has 0 atom stereocenters. The van der Waals surface area contributed by atoms with E-state index in [-0.39, 0.29) is 0 Å². The highest BCUT2D eigenvalue weighted by Crippen LogP contribution is 2.41. The third kappa shape index (κ3) is 6.59. The summed E-state index contributed by atoms with van der Waals surface area (Å²) in [7, 11) is 0. The third-order valence-corrected chi connectivity index (χ3v) is 12.6. The van der Waals surface area contributed by atoms with Gasteiger partial charge in [-0.25, -0.2) is 15.0 Å². The largest absolute Gasteiger partial charge is 0.208 e. The second kappa shape index (κ2) is 15.7. The van der Waals surface area contributed by atoms with Gasteiger partial charge in [-0.3, -0.25) is 0 Å². The molecule has 0 fully saturated rings. The van der Waals surface area contributed by atoms with Crippen LogP contribution in [0.2, 0.25) is 0 Å². The third-order valence-electron chi connectivity index (χ3n) is 12.6. The van der Waals surface area contributed by atoms with E-state index in [0.29, 0.717) is 17.5 Å². The Bertz CT molecular complexity index is 3700. The maximum Gasteiger partial charge on any atom is 0.164 e. The molecule has 1 heterocycles. The van der Waals surface area contributed by atoms with Crippen LogP contribution in [0.25, 0.3) is 122 Å². The second-order valence-electron chi connectivity index (χ2n) is 16.3. The van der Waals surface area contributed by atoms with E-state index < -0.39 is 0 Å². The van der Waals surface area contributed by atoms with Gasteiger partial charge in [0.15, 0.2) is 17.5 Å². The normalized spacial score (nSPS) is 11.4. The van der Waals surface area contributed by atoms with E-state index in [2.05, 4.69) is 231 Å². The molecule has 3 heteroatoms. The lowest BCUT2D eigenvalue weighted by Crippen LogP contribution is -2.02. The summed E-state index contributed by atoms with van der Waals surface area (Å²) in [6, 6.07) is 84.2. The molecule has 0 spiro atoms. The van der Waals surface area contributed by atoms with Gasteiger partial charge >= 0.3 is 0 Å². The molecule has 298 valence electrons. The minimum Gasteiger partial charge on any atom is -0.208 e. The zero-order valence-electron chi connectivity index (χ0n) is 34.9. The van der Waals surface area contributed by atoms with E-state index >= 15 is 0 Å². The number of hydrogen-bond acceptors (Lipinski definition) is 3. The average molecular weight is 814 g/mol. The molecule has 1 aromatic heterocycles. The minimum absolute atomic E-state index is 0.618. The molecule has 0 aliphatic heterocycles. The number of aromatic nitrogens is 3. The number of rotatable bonds is 7. The number of benzene rings is 11. The van der Waals surface area contributed by atoms with Crippen LogP contribution in [-0.4, -0.2) is 15.0 Å². The summed E-state index contributed by atoms with van der Waals surface area (Å²) in [4.78, 5) is 15.8. The predicted octanol–water partition coefficient (Wildman–Crippen LogP) is 16.2. The van der Waals surface area contributed by atoms with Crippen LogP contribution in [-0.2, 0) is 0 Å². The smallest absolute Gasteiger partial charge is 0.164 e. The van der Waals surface area contributed by atoms with Crippen LogP contribution in [0.15, 0.2) is 237 Å². The van der Waals surface area contributed by atoms with Gasteiger partial charge in [0, 0.05) is 16.7 Å². The van der Waals surface area contributed by atoms with Crippen molar-refractivity contribution in [1.82, 2.24) is 15.0 Å². The van der Waals surface area contributed by atoms with E-state index in [4.69, 9.17) is 15.0 Å². The van der Waals surface area contributed by atoms with Gasteiger partial charge in [0.25, 0.3) is 0 Å². The van der Waals surface area contributed by atoms with Gasteiger partial charge in [-0.15, -0.1) is 0 Å². The Balaban J connectivity index is 0.959. The van der Waals surface area contributed by atoms with Crippen LogP contribution >= 0.6 is 0 Å². The SMILES string of the molecule is c1ccc(-c2ccccc2-c2nc(-c3ccc(-c4ccc(-c5c6ccccc6cc6c5ccc5ccccc56)cc4)cc3)nc(-c3ccccc3-c3cccc4ccccc34)n2)cc1. The lowest BCUT2D eigenvalue weighted by molar-refractivity contribution is 1.07. The van der Waals surface area contributed by atoms with Gasteiger partial charge in [0.05, 0.1) is 0 Å². The Morgan fingerprint density at radius 1 is 0.203 bits per heavy atom. The fourth-order valence-electron chi connectivity index (χ4n) is 9.44. The van der Waals surface area contributed by atoms with Crippen molar-refractivity contribution in [1.29, 1.82) is 0 Å². The van der Waals surface area contributed by atoms with Crippen LogP contribution in [0.5, 0.6) is 0 Å². The van der Waals surface area contributed by atoms with Gasteiger partial charge in [-0.05, 0) is 93.7 Å². The number of fused-ring (bicyclic) bond motifs is 5. The van der Waals surface area contributed by atoms with Crippen molar-refractivity contribution in [3.8, 4) is 78.7 Å². The van der Waals surface area contributed by atoms with Crippen molar-refractivity contribution in [2.45, 2.75) is 0 Å². The number of hydrogen-bond donors (Lipinski definition) is 0. The first kappa shape index (κ1) is 37.2. The van der Waals surface area contributed by atoms with Crippen molar-refractivity contribution >= 4 is 43.1 Å². The molecule has 11 aromatic carbocycles. The predicted molar refractivity (Wildman–Crippen MR) is 268 cm³/mol. The van der Waals surface area contributed by atoms with Gasteiger partial charge in [-0.1, -0.05) is 231 Å². The zero-order chi connectivity index (χ0) is 42.4. The van der Waals surface area contributed by atoms with E-state index in [1.54, 1.807) is 0 Å². The van der Waals surface area contributed by atoms with Gasteiger partial charge in [0.2, 0.25) is 0 Å². The molecular formula is C61H39N3. The highest BCUT2D eigenvalue weighted by atomic mass is 15.0. The summed E-state index contributed by atoms with van der Waals surface area (Å²) in [5.41, 5.74) is 11.9. The molecule has 64 heavy (non-hydrogen) atoms. The highest BCUT2D eigenvalue weighted by molar-refractivity contribution is 6.20. The van der Waals surface area contributed by atoms with Crippen LogP contribution < -0.4 is 0 Å². The quantitative estimate of drug-likeness (QED) is 0.119.